The molecule has 0 aliphatic carbocycles. The molecule has 3 aromatic rings. The first kappa shape index (κ1) is 22.4. The normalized spacial score (nSPS) is 10.6. The Morgan fingerprint density at radius 2 is 1.75 bits per heavy atom. The van der Waals surface area contributed by atoms with E-state index in [0.29, 0.717) is 22.4 Å². The van der Waals surface area contributed by atoms with E-state index in [1.807, 2.05) is 0 Å². The summed E-state index contributed by atoms with van der Waals surface area (Å²) in [7, 11) is 0. The first-order valence-electron chi connectivity index (χ1n) is 9.80. The van der Waals surface area contributed by atoms with E-state index in [2.05, 4.69) is 10.6 Å². The molecule has 2 amide bonds. The molecule has 3 rings (SSSR count). The van der Waals surface area contributed by atoms with Crippen molar-refractivity contribution >= 4 is 29.5 Å². The zero-order valence-corrected chi connectivity index (χ0v) is 17.3. The fraction of sp³-hybridized carbons (Fsp3) is 0.0800. The Morgan fingerprint density at radius 3 is 2.53 bits per heavy atom. The molecule has 0 saturated carbocycles. The van der Waals surface area contributed by atoms with E-state index in [1.165, 1.54) is 37.3 Å². The number of rotatable bonds is 7. The molecule has 32 heavy (non-hydrogen) atoms. The van der Waals surface area contributed by atoms with E-state index >= 15 is 0 Å². The first-order chi connectivity index (χ1) is 15.4. The van der Waals surface area contributed by atoms with Crippen LogP contribution in [0.4, 0.5) is 10.1 Å². The summed E-state index contributed by atoms with van der Waals surface area (Å²) < 4.78 is 18.2. The van der Waals surface area contributed by atoms with E-state index in [-0.39, 0.29) is 29.9 Å². The van der Waals surface area contributed by atoms with Crippen molar-refractivity contribution in [1.29, 1.82) is 0 Å². The molecule has 162 valence electrons. The van der Waals surface area contributed by atoms with Gasteiger partial charge < -0.3 is 15.4 Å². The number of anilines is 1. The van der Waals surface area contributed by atoms with Crippen LogP contribution in [0.15, 0.2) is 78.9 Å². The number of para-hydroxylation sites is 1. The molecule has 0 saturated heterocycles. The predicted molar refractivity (Wildman–Crippen MR) is 119 cm³/mol. The Kier molecular flexibility index (Phi) is 7.48. The van der Waals surface area contributed by atoms with Crippen molar-refractivity contribution in [3.63, 3.8) is 0 Å². The Balaban J connectivity index is 1.63. The van der Waals surface area contributed by atoms with Crippen LogP contribution in [0.25, 0.3) is 6.08 Å². The van der Waals surface area contributed by atoms with Crippen molar-refractivity contribution in [3.05, 3.63) is 101 Å². The molecule has 0 fully saturated rings. The van der Waals surface area contributed by atoms with Crippen LogP contribution in [0.3, 0.4) is 0 Å². The summed E-state index contributed by atoms with van der Waals surface area (Å²) in [5.41, 5.74) is 2.14. The third kappa shape index (κ3) is 6.63. The Labute approximate surface area is 184 Å². The molecule has 0 aromatic heterocycles. The van der Waals surface area contributed by atoms with Crippen LogP contribution in [0, 0.1) is 5.82 Å². The molecule has 2 N–H and O–H groups in total. The summed E-state index contributed by atoms with van der Waals surface area (Å²) in [6, 6.07) is 19.2. The number of hydrogen-bond donors (Lipinski definition) is 2. The SMILES string of the molecule is CC(=O)Oc1cccc(C(=O)NCc2ccccc2NC(=O)/C=C/c2cccc(F)c2)c1. The van der Waals surface area contributed by atoms with Gasteiger partial charge in [0.1, 0.15) is 11.6 Å². The lowest BCUT2D eigenvalue weighted by molar-refractivity contribution is -0.131. The number of amides is 2. The van der Waals surface area contributed by atoms with Gasteiger partial charge in [0.05, 0.1) is 0 Å². The van der Waals surface area contributed by atoms with Crippen LogP contribution in [-0.4, -0.2) is 17.8 Å². The van der Waals surface area contributed by atoms with E-state index in [0.717, 1.165) is 0 Å². The minimum atomic E-state index is -0.473. The van der Waals surface area contributed by atoms with Crippen LogP contribution < -0.4 is 15.4 Å². The molecule has 0 spiro atoms. The lowest BCUT2D eigenvalue weighted by Crippen LogP contribution is -2.23. The highest BCUT2D eigenvalue weighted by Gasteiger charge is 2.10. The minimum Gasteiger partial charge on any atom is -0.427 e. The topological polar surface area (TPSA) is 84.5 Å². The van der Waals surface area contributed by atoms with Gasteiger partial charge in [-0.1, -0.05) is 36.4 Å². The highest BCUT2D eigenvalue weighted by molar-refractivity contribution is 6.02. The van der Waals surface area contributed by atoms with Gasteiger partial charge >= 0.3 is 5.97 Å². The molecule has 0 bridgehead atoms. The van der Waals surface area contributed by atoms with Crippen molar-refractivity contribution in [2.24, 2.45) is 0 Å². The fourth-order valence-corrected chi connectivity index (χ4v) is 2.90. The summed E-state index contributed by atoms with van der Waals surface area (Å²) in [6.45, 7) is 1.45. The molecule has 0 atom stereocenters. The van der Waals surface area contributed by atoms with Gasteiger partial charge in [-0.15, -0.1) is 0 Å². The number of ether oxygens (including phenoxy) is 1. The largest absolute Gasteiger partial charge is 0.427 e. The molecule has 0 unspecified atom stereocenters. The summed E-state index contributed by atoms with van der Waals surface area (Å²) in [6.07, 6.45) is 2.82. The number of carbonyl (C=O) groups excluding carboxylic acids is 3. The third-order valence-electron chi connectivity index (χ3n) is 4.35. The second kappa shape index (κ2) is 10.7. The van der Waals surface area contributed by atoms with Crippen molar-refractivity contribution in [3.8, 4) is 5.75 Å². The number of carbonyl (C=O) groups is 3. The van der Waals surface area contributed by atoms with E-state index in [1.54, 1.807) is 54.6 Å². The quantitative estimate of drug-likeness (QED) is 0.331. The second-order valence-electron chi connectivity index (χ2n) is 6.84. The smallest absolute Gasteiger partial charge is 0.308 e. The van der Waals surface area contributed by atoms with Crippen LogP contribution in [-0.2, 0) is 16.1 Å². The molecule has 0 aliphatic rings. The summed E-state index contributed by atoms with van der Waals surface area (Å²) in [5.74, 6) is -1.32. The summed E-state index contributed by atoms with van der Waals surface area (Å²) >= 11 is 0. The molecule has 7 heteroatoms. The van der Waals surface area contributed by atoms with Gasteiger partial charge in [-0.05, 0) is 53.6 Å². The second-order valence-corrected chi connectivity index (χ2v) is 6.84. The van der Waals surface area contributed by atoms with Gasteiger partial charge in [-0.2, -0.15) is 0 Å². The zero-order valence-electron chi connectivity index (χ0n) is 17.3. The number of benzene rings is 3. The number of hydrogen-bond acceptors (Lipinski definition) is 4. The maximum Gasteiger partial charge on any atom is 0.308 e. The predicted octanol–water partition coefficient (Wildman–Crippen LogP) is 4.33. The Morgan fingerprint density at radius 1 is 0.969 bits per heavy atom. The maximum atomic E-state index is 13.3. The van der Waals surface area contributed by atoms with Crippen molar-refractivity contribution in [2.45, 2.75) is 13.5 Å². The minimum absolute atomic E-state index is 0.167. The van der Waals surface area contributed by atoms with Gasteiger partial charge in [0.2, 0.25) is 5.91 Å². The van der Waals surface area contributed by atoms with Crippen LogP contribution in [0.2, 0.25) is 0 Å². The van der Waals surface area contributed by atoms with Gasteiger partial charge in [0.25, 0.3) is 5.91 Å². The molecule has 0 heterocycles. The molecule has 6 nitrogen and oxygen atoms in total. The number of esters is 1. The Hall–Kier alpha value is -4.26. The first-order valence-corrected chi connectivity index (χ1v) is 9.80. The van der Waals surface area contributed by atoms with E-state index in [9.17, 15) is 18.8 Å². The maximum absolute atomic E-state index is 13.3. The zero-order chi connectivity index (χ0) is 22.9. The summed E-state index contributed by atoms with van der Waals surface area (Å²) in [5, 5.41) is 5.54. The number of halogens is 1. The highest BCUT2D eigenvalue weighted by atomic mass is 19.1. The average molecular weight is 432 g/mol. The highest BCUT2D eigenvalue weighted by Crippen LogP contribution is 2.17. The van der Waals surface area contributed by atoms with Crippen LogP contribution in [0.1, 0.15) is 28.4 Å². The molecule has 0 aliphatic heterocycles. The fourth-order valence-electron chi connectivity index (χ4n) is 2.90. The van der Waals surface area contributed by atoms with E-state index in [4.69, 9.17) is 4.74 Å². The summed E-state index contributed by atoms with van der Waals surface area (Å²) in [4.78, 5) is 35.9. The van der Waals surface area contributed by atoms with Crippen molar-refractivity contribution < 1.29 is 23.5 Å². The van der Waals surface area contributed by atoms with Gasteiger partial charge in [-0.3, -0.25) is 14.4 Å². The lowest BCUT2D eigenvalue weighted by Gasteiger charge is -2.11. The van der Waals surface area contributed by atoms with Gasteiger partial charge in [-0.25, -0.2) is 4.39 Å². The Bertz CT molecular complexity index is 1170. The van der Waals surface area contributed by atoms with Crippen molar-refractivity contribution in [1.82, 2.24) is 5.32 Å². The van der Waals surface area contributed by atoms with Crippen LogP contribution in [0.5, 0.6) is 5.75 Å². The molecule has 0 radical (unpaired) electrons. The monoisotopic (exact) mass is 432 g/mol. The third-order valence-corrected chi connectivity index (χ3v) is 4.35. The van der Waals surface area contributed by atoms with Crippen molar-refractivity contribution in [2.75, 3.05) is 5.32 Å². The molecular formula is C25H21FN2O4. The molecular weight excluding hydrogens is 411 g/mol. The van der Waals surface area contributed by atoms with E-state index < -0.39 is 5.97 Å². The number of nitrogens with one attached hydrogen (secondary N) is 2. The van der Waals surface area contributed by atoms with Gasteiger partial charge in [0, 0.05) is 30.8 Å². The molecule has 3 aromatic carbocycles. The average Bonchev–Trinajstić information content (AvgIpc) is 2.77. The standard InChI is InChI=1S/C25H21FN2O4/c1-17(29)32-22-10-5-8-19(15-22)25(31)27-16-20-7-2-3-11-23(20)28-24(30)13-12-18-6-4-9-21(26)14-18/h2-15H,16H2,1H3,(H,27,31)(H,28,30)/b13-12+. The lowest BCUT2D eigenvalue weighted by atomic mass is 10.1. The van der Waals surface area contributed by atoms with Gasteiger partial charge in [0.15, 0.2) is 0 Å². The van der Waals surface area contributed by atoms with Crippen LogP contribution >= 0.6 is 0 Å².